The molecule has 6 nitrogen and oxygen atoms in total. The van der Waals surface area contributed by atoms with Gasteiger partial charge in [0.25, 0.3) is 5.69 Å². The normalized spacial score (nSPS) is 10.0. The number of non-ortho nitro benzene ring substituents is 1. The van der Waals surface area contributed by atoms with Gasteiger partial charge < -0.3 is 0 Å². The zero-order valence-electron chi connectivity index (χ0n) is 11.7. The fourth-order valence-corrected chi connectivity index (χ4v) is 1.87. The van der Waals surface area contributed by atoms with Crippen LogP contribution in [0.1, 0.15) is 0 Å². The zero-order valence-corrected chi connectivity index (χ0v) is 12.4. The summed E-state index contributed by atoms with van der Waals surface area (Å²) in [7, 11) is 0. The van der Waals surface area contributed by atoms with Gasteiger partial charge in [0.15, 0.2) is 0 Å². The molecule has 0 saturated heterocycles. The Bertz CT molecular complexity index is 834. The molecule has 0 saturated carbocycles. The van der Waals surface area contributed by atoms with E-state index in [0.29, 0.717) is 22.1 Å². The highest BCUT2D eigenvalue weighted by molar-refractivity contribution is 6.33. The molecule has 112 valence electrons. The fourth-order valence-electron chi connectivity index (χ4n) is 1.65. The minimum absolute atomic E-state index is 0.0185. The summed E-state index contributed by atoms with van der Waals surface area (Å²) in [4.78, 5) is 11.3. The lowest BCUT2D eigenvalue weighted by Crippen LogP contribution is -2.06. The standard InChI is InChI=1S/C16H9ClN4O2/c1-3-20(4-2)14-9-10-16(15(17)11-14)19-18-12-5-7-13(8-6-12)21(22)23/h1-2,5-11H. The zero-order chi connectivity index (χ0) is 16.8. The third-order valence-corrected chi connectivity index (χ3v) is 3.08. The molecule has 0 spiro atoms. The molecular formula is C16H9ClN4O2. The van der Waals surface area contributed by atoms with Crippen LogP contribution in [-0.4, -0.2) is 4.92 Å². The number of anilines is 1. The second-order valence-corrected chi connectivity index (χ2v) is 4.61. The van der Waals surface area contributed by atoms with Crippen LogP contribution >= 0.6 is 11.6 Å². The number of rotatable bonds is 4. The first-order valence-electron chi connectivity index (χ1n) is 6.23. The number of hydrogen-bond acceptors (Lipinski definition) is 5. The van der Waals surface area contributed by atoms with E-state index in [9.17, 15) is 10.1 Å². The van der Waals surface area contributed by atoms with Gasteiger partial charge in [-0.05, 0) is 30.3 Å². The van der Waals surface area contributed by atoms with Crippen molar-refractivity contribution in [2.75, 3.05) is 4.90 Å². The van der Waals surface area contributed by atoms with Crippen molar-refractivity contribution in [3.63, 3.8) is 0 Å². The van der Waals surface area contributed by atoms with Crippen LogP contribution in [0.15, 0.2) is 52.7 Å². The van der Waals surface area contributed by atoms with E-state index in [-0.39, 0.29) is 5.69 Å². The highest BCUT2D eigenvalue weighted by atomic mass is 35.5. The quantitative estimate of drug-likeness (QED) is 0.270. The van der Waals surface area contributed by atoms with E-state index in [2.05, 4.69) is 22.3 Å². The molecule has 0 N–H and O–H groups in total. The summed E-state index contributed by atoms with van der Waals surface area (Å²) in [5.74, 6) is 0. The number of hydrogen-bond donors (Lipinski definition) is 0. The van der Waals surface area contributed by atoms with E-state index in [1.54, 1.807) is 18.2 Å². The van der Waals surface area contributed by atoms with E-state index < -0.39 is 4.92 Å². The number of halogens is 1. The Morgan fingerprint density at radius 3 is 2.26 bits per heavy atom. The molecule has 0 atom stereocenters. The van der Waals surface area contributed by atoms with Gasteiger partial charge in [0, 0.05) is 24.2 Å². The molecule has 0 aromatic heterocycles. The summed E-state index contributed by atoms with van der Waals surface area (Å²) >= 11 is 6.11. The Balaban J connectivity index is 2.22. The second kappa shape index (κ2) is 7.08. The highest BCUT2D eigenvalue weighted by Crippen LogP contribution is 2.31. The van der Waals surface area contributed by atoms with Gasteiger partial charge in [0.2, 0.25) is 0 Å². The minimum atomic E-state index is -0.487. The van der Waals surface area contributed by atoms with Crippen LogP contribution in [0.25, 0.3) is 0 Å². The number of nitro groups is 1. The molecule has 0 amide bonds. The van der Waals surface area contributed by atoms with Gasteiger partial charge in [-0.1, -0.05) is 24.4 Å². The third-order valence-electron chi connectivity index (χ3n) is 2.78. The number of nitro benzene ring substituents is 1. The molecule has 2 aromatic carbocycles. The topological polar surface area (TPSA) is 71.1 Å². The lowest BCUT2D eigenvalue weighted by atomic mass is 10.2. The van der Waals surface area contributed by atoms with Crippen molar-refractivity contribution in [2.24, 2.45) is 10.2 Å². The first kappa shape index (κ1) is 16.0. The van der Waals surface area contributed by atoms with Gasteiger partial charge in [-0.2, -0.15) is 5.11 Å². The van der Waals surface area contributed by atoms with E-state index >= 15 is 0 Å². The van der Waals surface area contributed by atoms with E-state index in [0.717, 1.165) is 0 Å². The molecule has 2 rings (SSSR count). The largest absolute Gasteiger partial charge is 0.269 e. The van der Waals surface area contributed by atoms with Crippen molar-refractivity contribution in [1.29, 1.82) is 0 Å². The lowest BCUT2D eigenvalue weighted by molar-refractivity contribution is -0.384. The van der Waals surface area contributed by atoms with Crippen LogP contribution < -0.4 is 4.90 Å². The first-order chi connectivity index (χ1) is 11.0. The molecule has 0 bridgehead atoms. The Morgan fingerprint density at radius 2 is 1.74 bits per heavy atom. The number of azo groups is 1. The third kappa shape index (κ3) is 3.85. The fraction of sp³-hybridized carbons (Fsp3) is 0. The maximum atomic E-state index is 10.6. The maximum absolute atomic E-state index is 10.6. The summed E-state index contributed by atoms with van der Waals surface area (Å²) in [6.07, 6.45) is 10.5. The molecule has 0 fully saturated rings. The SMILES string of the molecule is C#CN(C#C)c1ccc(N=Nc2ccc([N+](=O)[O-])cc2)c(Cl)c1. The van der Waals surface area contributed by atoms with Crippen molar-refractivity contribution in [1.82, 2.24) is 0 Å². The molecule has 0 aliphatic heterocycles. The van der Waals surface area contributed by atoms with E-state index in [1.165, 1.54) is 29.2 Å². The smallest absolute Gasteiger partial charge is 0.258 e. The average Bonchev–Trinajstić information content (AvgIpc) is 2.55. The molecule has 0 radical (unpaired) electrons. The van der Waals surface area contributed by atoms with Crippen molar-refractivity contribution in [3.8, 4) is 24.9 Å². The Kier molecular flexibility index (Phi) is 4.93. The molecule has 0 aliphatic rings. The molecule has 2 aromatic rings. The second-order valence-electron chi connectivity index (χ2n) is 4.20. The highest BCUT2D eigenvalue weighted by Gasteiger charge is 2.06. The number of nitrogens with zero attached hydrogens (tertiary/aromatic N) is 4. The van der Waals surface area contributed by atoms with Crippen molar-refractivity contribution < 1.29 is 4.92 Å². The summed E-state index contributed by atoms with van der Waals surface area (Å²) in [5, 5.41) is 18.9. The number of benzene rings is 2. The van der Waals surface area contributed by atoms with Gasteiger partial charge in [-0.15, -0.1) is 5.11 Å². The predicted octanol–water partition coefficient (Wildman–Crippen LogP) is 4.65. The summed E-state index contributed by atoms with van der Waals surface area (Å²) in [6, 6.07) is 15.2. The maximum Gasteiger partial charge on any atom is 0.269 e. The van der Waals surface area contributed by atoms with E-state index in [1.807, 2.05) is 0 Å². The predicted molar refractivity (Wildman–Crippen MR) is 88.9 cm³/mol. The van der Waals surface area contributed by atoms with Crippen molar-refractivity contribution in [3.05, 3.63) is 57.6 Å². The van der Waals surface area contributed by atoms with Crippen LogP contribution in [0.3, 0.4) is 0 Å². The summed E-state index contributed by atoms with van der Waals surface area (Å²) < 4.78 is 0. The van der Waals surface area contributed by atoms with Gasteiger partial charge in [0.1, 0.15) is 5.69 Å². The van der Waals surface area contributed by atoms with Gasteiger partial charge >= 0.3 is 0 Å². The van der Waals surface area contributed by atoms with Crippen LogP contribution in [0.5, 0.6) is 0 Å². The van der Waals surface area contributed by atoms with Crippen LogP contribution in [0.4, 0.5) is 22.7 Å². The summed E-state index contributed by atoms with van der Waals surface area (Å²) in [5.41, 5.74) is 1.43. The van der Waals surface area contributed by atoms with Crippen molar-refractivity contribution in [2.45, 2.75) is 0 Å². The molecule has 0 heterocycles. The van der Waals surface area contributed by atoms with E-state index in [4.69, 9.17) is 24.4 Å². The van der Waals surface area contributed by atoms with Crippen LogP contribution in [0.2, 0.25) is 5.02 Å². The van der Waals surface area contributed by atoms with Gasteiger partial charge in [-0.3, -0.25) is 10.1 Å². The van der Waals surface area contributed by atoms with Crippen LogP contribution in [0, 0.1) is 35.0 Å². The number of terminal acetylenes is 2. The Labute approximate surface area is 137 Å². The van der Waals surface area contributed by atoms with Crippen LogP contribution in [-0.2, 0) is 0 Å². The lowest BCUT2D eigenvalue weighted by Gasteiger charge is -2.09. The van der Waals surface area contributed by atoms with Crippen molar-refractivity contribution >= 4 is 34.4 Å². The first-order valence-corrected chi connectivity index (χ1v) is 6.61. The molecule has 0 aliphatic carbocycles. The molecule has 0 unspecified atom stereocenters. The minimum Gasteiger partial charge on any atom is -0.258 e. The average molecular weight is 325 g/mol. The molecular weight excluding hydrogens is 316 g/mol. The van der Waals surface area contributed by atoms with Gasteiger partial charge in [-0.25, -0.2) is 4.90 Å². The molecule has 7 heteroatoms. The monoisotopic (exact) mass is 324 g/mol. The molecule has 23 heavy (non-hydrogen) atoms. The summed E-state index contributed by atoms with van der Waals surface area (Å²) in [6.45, 7) is 0. The van der Waals surface area contributed by atoms with Gasteiger partial charge in [0.05, 0.1) is 21.3 Å². The Morgan fingerprint density at radius 1 is 1.09 bits per heavy atom. The Hall–Kier alpha value is -3.35.